The van der Waals surface area contributed by atoms with E-state index in [2.05, 4.69) is 14.9 Å². The zero-order valence-electron chi connectivity index (χ0n) is 10.9. The van der Waals surface area contributed by atoms with Gasteiger partial charge in [0.15, 0.2) is 5.69 Å². The van der Waals surface area contributed by atoms with Crippen molar-refractivity contribution in [2.45, 2.75) is 9.79 Å². The van der Waals surface area contributed by atoms with E-state index < -0.39 is 35.8 Å². The molecule has 2 N–H and O–H groups in total. The van der Waals surface area contributed by atoms with Gasteiger partial charge in [0.1, 0.15) is 4.90 Å². The Bertz CT molecular complexity index is 1090. The van der Waals surface area contributed by atoms with Crippen molar-refractivity contribution in [3.63, 3.8) is 0 Å². The van der Waals surface area contributed by atoms with Gasteiger partial charge in [-0.2, -0.15) is 16.8 Å². The van der Waals surface area contributed by atoms with Crippen molar-refractivity contribution in [1.82, 2.24) is 9.78 Å². The third-order valence-corrected chi connectivity index (χ3v) is 4.41. The van der Waals surface area contributed by atoms with Crippen molar-refractivity contribution >= 4 is 31.7 Å². The first-order valence-corrected chi connectivity index (χ1v) is 8.37. The minimum Gasteiger partial charge on any atom is -0.282 e. The van der Waals surface area contributed by atoms with E-state index in [0.29, 0.717) is 10.7 Å². The summed E-state index contributed by atoms with van der Waals surface area (Å²) in [4.78, 5) is 4.11. The summed E-state index contributed by atoms with van der Waals surface area (Å²) in [7, 11) is -9.65. The molecule has 0 aliphatic heterocycles. The van der Waals surface area contributed by atoms with E-state index in [1.807, 2.05) is 0 Å². The number of rotatable bonds is 3. The molecule has 0 fully saturated rings. The molecule has 1 aromatic carbocycles. The van der Waals surface area contributed by atoms with Crippen molar-refractivity contribution in [2.24, 2.45) is 0 Å². The van der Waals surface area contributed by atoms with Gasteiger partial charge in [0, 0.05) is 4.98 Å². The van der Waals surface area contributed by atoms with Crippen LogP contribution < -0.4 is 0 Å². The highest BCUT2D eigenvalue weighted by Crippen LogP contribution is 2.33. The molecule has 0 bridgehead atoms. The van der Waals surface area contributed by atoms with Gasteiger partial charge in [0.25, 0.3) is 20.2 Å². The fraction of sp³-hybridized carbons (Fsp3) is 0. The van der Waals surface area contributed by atoms with Gasteiger partial charge in [-0.15, -0.1) is 0 Å². The molecule has 0 aliphatic rings. The van der Waals surface area contributed by atoms with Crippen LogP contribution in [-0.2, 0) is 20.2 Å². The average Bonchev–Trinajstić information content (AvgIpc) is 2.87. The molecule has 2 rings (SSSR count). The highest BCUT2D eigenvalue weighted by Gasteiger charge is 2.30. The van der Waals surface area contributed by atoms with Crippen LogP contribution in [0, 0.1) is 12.0 Å². The molecule has 0 spiro atoms. The number of benzene rings is 1. The van der Waals surface area contributed by atoms with Crippen LogP contribution in [0.4, 0.5) is 11.5 Å². The maximum atomic E-state index is 11.5. The molecule has 2 aromatic rings. The molecular weight excluding hydrogens is 350 g/mol. The molecule has 0 saturated heterocycles. The topological polar surface area (TPSA) is 159 Å². The van der Waals surface area contributed by atoms with Gasteiger partial charge >= 0.3 is 11.5 Å². The third kappa shape index (κ3) is 3.03. The van der Waals surface area contributed by atoms with Crippen LogP contribution in [0.3, 0.4) is 0 Å². The summed E-state index contributed by atoms with van der Waals surface area (Å²) in [5, 5.41) is 12.6. The monoisotopic (exact) mass is 356 g/mol. The predicted molar refractivity (Wildman–Crippen MR) is 74.2 cm³/mol. The molecule has 0 amide bonds. The zero-order valence-corrected chi connectivity index (χ0v) is 12.5. The summed E-state index contributed by atoms with van der Waals surface area (Å²) < 4.78 is 64.0. The highest BCUT2D eigenvalue weighted by molar-refractivity contribution is 7.86. The molecule has 0 aliphatic carbocycles. The Kier molecular flexibility index (Phi) is 3.89. The van der Waals surface area contributed by atoms with E-state index in [1.54, 1.807) is 0 Å². The molecular formula is C10H6N5O6S2+. The van der Waals surface area contributed by atoms with Crippen LogP contribution in [0.1, 0.15) is 0 Å². The van der Waals surface area contributed by atoms with E-state index in [1.165, 1.54) is 0 Å². The Morgan fingerprint density at radius 1 is 1.17 bits per heavy atom. The standard InChI is InChI=1S/C10H5N5O6S2/c1-12-7-5-13-15(10(7)14-11)8-3-2-6(22(16,17)18)4-9(8)23(19,20)21/h2-5H,(H-,16,17,18,19,20,21)/p+1. The Labute approximate surface area is 129 Å². The Balaban J connectivity index is 2.88. The van der Waals surface area contributed by atoms with Crippen molar-refractivity contribution in [2.75, 3.05) is 0 Å². The minimum absolute atomic E-state index is 0.215. The molecule has 118 valence electrons. The number of hydrogen-bond donors (Lipinski definition) is 2. The van der Waals surface area contributed by atoms with Crippen molar-refractivity contribution in [1.29, 1.82) is 5.39 Å². The van der Waals surface area contributed by atoms with Gasteiger partial charge in [0.05, 0.1) is 23.1 Å². The summed E-state index contributed by atoms with van der Waals surface area (Å²) >= 11 is 0. The van der Waals surface area contributed by atoms with E-state index in [0.717, 1.165) is 18.3 Å². The van der Waals surface area contributed by atoms with Gasteiger partial charge in [-0.1, -0.05) is 9.78 Å². The minimum atomic E-state index is -4.92. The van der Waals surface area contributed by atoms with Gasteiger partial charge < -0.3 is 0 Å². The first kappa shape index (κ1) is 16.5. The van der Waals surface area contributed by atoms with Crippen LogP contribution in [0.5, 0.6) is 0 Å². The normalized spacial score (nSPS) is 11.7. The van der Waals surface area contributed by atoms with Gasteiger partial charge in [-0.05, 0) is 18.2 Å². The molecule has 1 heterocycles. The van der Waals surface area contributed by atoms with E-state index >= 15 is 0 Å². The van der Waals surface area contributed by atoms with Crippen LogP contribution in [0.15, 0.2) is 34.2 Å². The quantitative estimate of drug-likeness (QED) is 0.474. The molecule has 23 heavy (non-hydrogen) atoms. The van der Waals surface area contributed by atoms with Gasteiger partial charge in [0.2, 0.25) is 0 Å². The van der Waals surface area contributed by atoms with Crippen molar-refractivity contribution in [3.05, 3.63) is 40.8 Å². The number of diazo groups is 1. The molecule has 11 nitrogen and oxygen atoms in total. The fourth-order valence-corrected chi connectivity index (χ4v) is 2.99. The van der Waals surface area contributed by atoms with Crippen LogP contribution in [0.2, 0.25) is 0 Å². The molecule has 13 heteroatoms. The second-order valence-electron chi connectivity index (χ2n) is 4.06. The maximum Gasteiger partial charge on any atom is 0.460 e. The van der Waals surface area contributed by atoms with Crippen LogP contribution >= 0.6 is 0 Å². The lowest BCUT2D eigenvalue weighted by Gasteiger charge is -2.04. The summed E-state index contributed by atoms with van der Waals surface area (Å²) in [5.74, 6) is -0.426. The number of nitrogens with zero attached hydrogens (tertiary/aromatic N) is 5. The van der Waals surface area contributed by atoms with Crippen molar-refractivity contribution in [3.8, 4) is 5.69 Å². The van der Waals surface area contributed by atoms with E-state index in [-0.39, 0.29) is 11.4 Å². The van der Waals surface area contributed by atoms with Gasteiger partial charge in [-0.25, -0.2) is 4.85 Å². The smallest absolute Gasteiger partial charge is 0.282 e. The van der Waals surface area contributed by atoms with Crippen LogP contribution in [0.25, 0.3) is 15.5 Å². The highest BCUT2D eigenvalue weighted by atomic mass is 32.2. The summed E-state index contributed by atoms with van der Waals surface area (Å²) in [6, 6.07) is 2.25. The van der Waals surface area contributed by atoms with Crippen LogP contribution in [-0.4, -0.2) is 35.7 Å². The number of hydrogen-bond acceptors (Lipinski definition) is 6. The lowest BCUT2D eigenvalue weighted by Crippen LogP contribution is -2.09. The first-order valence-electron chi connectivity index (χ1n) is 5.49. The largest absolute Gasteiger partial charge is 0.460 e. The second kappa shape index (κ2) is 5.41. The Hall–Kier alpha value is -2.84. The number of aromatic nitrogens is 2. The fourth-order valence-electron chi connectivity index (χ4n) is 1.72. The Morgan fingerprint density at radius 2 is 1.83 bits per heavy atom. The zero-order chi connectivity index (χ0) is 17.4. The molecule has 1 aromatic heterocycles. The molecule has 0 unspecified atom stereocenters. The lowest BCUT2D eigenvalue weighted by molar-refractivity contribution is 0.480. The summed E-state index contributed by atoms with van der Waals surface area (Å²) in [6.45, 7) is 6.88. The summed E-state index contributed by atoms with van der Waals surface area (Å²) in [6.07, 6.45) is 0.979. The lowest BCUT2D eigenvalue weighted by atomic mass is 10.3. The molecule has 0 atom stereocenters. The van der Waals surface area contributed by atoms with E-state index in [4.69, 9.17) is 16.5 Å². The SMILES string of the molecule is [C-]#[N+]c1cnn(-c2ccc(S(=O)(=O)O)cc2S(=O)(=O)O)c1[N+]#N. The first-order chi connectivity index (χ1) is 10.6. The van der Waals surface area contributed by atoms with E-state index in [9.17, 15) is 21.4 Å². The van der Waals surface area contributed by atoms with Gasteiger partial charge in [-0.3, -0.25) is 9.11 Å². The average molecular weight is 356 g/mol. The second-order valence-corrected chi connectivity index (χ2v) is 6.87. The van der Waals surface area contributed by atoms with Crippen molar-refractivity contribution < 1.29 is 25.9 Å². The Morgan fingerprint density at radius 3 is 2.30 bits per heavy atom. The maximum absolute atomic E-state index is 11.5. The third-order valence-electron chi connectivity index (χ3n) is 2.68. The predicted octanol–water partition coefficient (Wildman–Crippen LogP) is 1.40. The molecule has 0 saturated carbocycles. The molecule has 0 radical (unpaired) electrons. The summed E-state index contributed by atoms with van der Waals surface area (Å²) in [5.41, 5.74) is -0.602.